The van der Waals surface area contributed by atoms with E-state index in [2.05, 4.69) is 5.32 Å². The fourth-order valence-corrected chi connectivity index (χ4v) is 2.98. The topological polar surface area (TPSA) is 58.6 Å². The second-order valence-corrected chi connectivity index (χ2v) is 5.98. The summed E-state index contributed by atoms with van der Waals surface area (Å²) in [5.74, 6) is 0.157. The van der Waals surface area contributed by atoms with Crippen LogP contribution < -0.4 is 15.0 Å². The molecule has 0 aliphatic carbocycles. The van der Waals surface area contributed by atoms with Crippen molar-refractivity contribution in [2.75, 3.05) is 18.5 Å². The van der Waals surface area contributed by atoms with Crippen LogP contribution in [0.25, 0.3) is 0 Å². The van der Waals surface area contributed by atoms with Gasteiger partial charge in [-0.2, -0.15) is 0 Å². The third-order valence-corrected chi connectivity index (χ3v) is 4.03. The smallest absolute Gasteiger partial charge is 0.262 e. The number of nitrogens with zero attached hydrogens (tertiary/aromatic N) is 1. The van der Waals surface area contributed by atoms with E-state index < -0.39 is 6.10 Å². The molecule has 1 aliphatic heterocycles. The molecule has 1 N–H and O–H groups in total. The van der Waals surface area contributed by atoms with Crippen LogP contribution in [-0.2, 0) is 4.79 Å². The van der Waals surface area contributed by atoms with Crippen molar-refractivity contribution < 1.29 is 14.3 Å². The number of hydrogen-bond acceptors (Lipinski definition) is 3. The number of aryl methyl sites for hydroxylation is 2. The molecule has 0 fully saturated rings. The number of carbonyl (C=O) groups excluding carboxylic acids is 2. The number of nitrogens with one attached hydrogen (secondary N) is 1. The normalized spacial score (nSPS) is 16.1. The summed E-state index contributed by atoms with van der Waals surface area (Å²) in [5.41, 5.74) is 3.35. The summed E-state index contributed by atoms with van der Waals surface area (Å²) in [6.45, 7) is 4.11. The van der Waals surface area contributed by atoms with Crippen LogP contribution in [0.4, 0.5) is 5.69 Å². The maximum absolute atomic E-state index is 13.1. The summed E-state index contributed by atoms with van der Waals surface area (Å²) in [5, 5.41) is 2.58. The summed E-state index contributed by atoms with van der Waals surface area (Å²) in [6.07, 6.45) is -0.722. The number of anilines is 1. The van der Waals surface area contributed by atoms with Crippen molar-refractivity contribution in [2.45, 2.75) is 20.0 Å². The molecule has 0 spiro atoms. The van der Waals surface area contributed by atoms with Gasteiger partial charge in [0.25, 0.3) is 11.8 Å². The Balaban J connectivity index is 2.01. The Labute approximate surface area is 141 Å². The van der Waals surface area contributed by atoms with Gasteiger partial charge in [0.1, 0.15) is 5.75 Å². The minimum absolute atomic E-state index is 0.133. The van der Waals surface area contributed by atoms with Gasteiger partial charge in [0.2, 0.25) is 0 Å². The lowest BCUT2D eigenvalue weighted by atomic mass is 10.0. The Bertz CT molecular complexity index is 781. The number of fused-ring (bicyclic) bond motifs is 1. The Kier molecular flexibility index (Phi) is 4.25. The maximum atomic E-state index is 13.1. The van der Waals surface area contributed by atoms with Crippen molar-refractivity contribution in [2.24, 2.45) is 0 Å². The maximum Gasteiger partial charge on any atom is 0.262 e. The number of likely N-dealkylation sites (N-methyl/N-ethyl adjacent to an activating group) is 1. The molecule has 0 radical (unpaired) electrons. The number of carbonyl (C=O) groups is 2. The lowest BCUT2D eigenvalue weighted by Gasteiger charge is -2.34. The van der Waals surface area contributed by atoms with E-state index in [4.69, 9.17) is 4.74 Å². The zero-order chi connectivity index (χ0) is 17.3. The molecule has 24 heavy (non-hydrogen) atoms. The van der Waals surface area contributed by atoms with Gasteiger partial charge >= 0.3 is 0 Å². The Morgan fingerprint density at radius 2 is 1.79 bits per heavy atom. The van der Waals surface area contributed by atoms with Crippen molar-refractivity contribution >= 4 is 17.5 Å². The molecule has 1 unspecified atom stereocenters. The van der Waals surface area contributed by atoms with E-state index in [0.717, 1.165) is 11.1 Å². The van der Waals surface area contributed by atoms with E-state index in [9.17, 15) is 9.59 Å². The van der Waals surface area contributed by atoms with Gasteiger partial charge in [-0.25, -0.2) is 0 Å². The van der Waals surface area contributed by atoms with E-state index in [1.165, 1.54) is 0 Å². The molecule has 0 saturated heterocycles. The highest BCUT2D eigenvalue weighted by atomic mass is 16.5. The van der Waals surface area contributed by atoms with Gasteiger partial charge in [0.15, 0.2) is 6.10 Å². The van der Waals surface area contributed by atoms with E-state index in [1.54, 1.807) is 18.0 Å². The molecule has 1 atom stereocenters. The molecule has 124 valence electrons. The highest BCUT2D eigenvalue weighted by molar-refractivity contribution is 6.08. The highest BCUT2D eigenvalue weighted by Crippen LogP contribution is 2.34. The van der Waals surface area contributed by atoms with Gasteiger partial charge in [0, 0.05) is 12.6 Å². The summed E-state index contributed by atoms with van der Waals surface area (Å²) in [6, 6.07) is 13.0. The van der Waals surface area contributed by atoms with Crippen LogP contribution in [0.5, 0.6) is 5.75 Å². The van der Waals surface area contributed by atoms with Gasteiger partial charge in [-0.15, -0.1) is 0 Å². The number of para-hydroxylation sites is 2. The predicted molar refractivity (Wildman–Crippen MR) is 92.5 cm³/mol. The molecule has 0 aromatic heterocycles. The summed E-state index contributed by atoms with van der Waals surface area (Å²) < 4.78 is 5.74. The van der Waals surface area contributed by atoms with Crippen LogP contribution >= 0.6 is 0 Å². The SMILES string of the molecule is CNC(=O)C1CN(C(=O)c2cc(C)cc(C)c2)c2ccccc2O1. The fourth-order valence-electron chi connectivity index (χ4n) is 2.98. The van der Waals surface area contributed by atoms with Crippen molar-refractivity contribution in [1.82, 2.24) is 5.32 Å². The lowest BCUT2D eigenvalue weighted by molar-refractivity contribution is -0.127. The van der Waals surface area contributed by atoms with Crippen molar-refractivity contribution in [1.29, 1.82) is 0 Å². The van der Waals surface area contributed by atoms with Crippen LogP contribution in [0.2, 0.25) is 0 Å². The zero-order valence-corrected chi connectivity index (χ0v) is 14.0. The van der Waals surface area contributed by atoms with Crippen LogP contribution in [0.1, 0.15) is 21.5 Å². The number of benzene rings is 2. The van der Waals surface area contributed by atoms with E-state index in [0.29, 0.717) is 17.0 Å². The van der Waals surface area contributed by atoms with Crippen LogP contribution in [0.15, 0.2) is 42.5 Å². The third kappa shape index (κ3) is 2.97. The van der Waals surface area contributed by atoms with Gasteiger partial charge in [-0.3, -0.25) is 9.59 Å². The zero-order valence-electron chi connectivity index (χ0n) is 14.0. The molecule has 1 aliphatic rings. The molecule has 2 aromatic rings. The van der Waals surface area contributed by atoms with Crippen molar-refractivity contribution in [3.63, 3.8) is 0 Å². The first-order chi connectivity index (χ1) is 11.5. The largest absolute Gasteiger partial charge is 0.477 e. The number of ether oxygens (including phenoxy) is 1. The van der Waals surface area contributed by atoms with Gasteiger partial charge in [0.05, 0.1) is 12.2 Å². The first kappa shape index (κ1) is 16.1. The molecule has 5 nitrogen and oxygen atoms in total. The number of hydrogen-bond donors (Lipinski definition) is 1. The Morgan fingerprint density at radius 3 is 2.46 bits per heavy atom. The van der Waals surface area contributed by atoms with Gasteiger partial charge < -0.3 is 15.0 Å². The van der Waals surface area contributed by atoms with Gasteiger partial charge in [-0.1, -0.05) is 29.3 Å². The van der Waals surface area contributed by atoms with Crippen LogP contribution in [0, 0.1) is 13.8 Å². The average molecular weight is 324 g/mol. The minimum atomic E-state index is -0.722. The monoisotopic (exact) mass is 324 g/mol. The molecule has 0 saturated carbocycles. The van der Waals surface area contributed by atoms with Crippen molar-refractivity contribution in [3.05, 3.63) is 59.2 Å². The number of rotatable bonds is 2. The summed E-state index contributed by atoms with van der Waals surface area (Å²) >= 11 is 0. The first-order valence-corrected chi connectivity index (χ1v) is 7.87. The summed E-state index contributed by atoms with van der Waals surface area (Å²) in [4.78, 5) is 26.7. The van der Waals surface area contributed by atoms with Gasteiger partial charge in [-0.05, 0) is 38.1 Å². The van der Waals surface area contributed by atoms with Crippen molar-refractivity contribution in [3.8, 4) is 5.75 Å². The Hall–Kier alpha value is -2.82. The Morgan fingerprint density at radius 1 is 1.12 bits per heavy atom. The molecular weight excluding hydrogens is 304 g/mol. The summed E-state index contributed by atoms with van der Waals surface area (Å²) in [7, 11) is 1.56. The van der Waals surface area contributed by atoms with Crippen LogP contribution in [0.3, 0.4) is 0 Å². The number of amides is 2. The first-order valence-electron chi connectivity index (χ1n) is 7.87. The average Bonchev–Trinajstić information content (AvgIpc) is 2.58. The molecule has 2 aromatic carbocycles. The fraction of sp³-hybridized carbons (Fsp3) is 0.263. The second kappa shape index (κ2) is 6.35. The predicted octanol–water partition coefficient (Wildman–Crippen LogP) is 2.46. The van der Waals surface area contributed by atoms with E-state index in [-0.39, 0.29) is 18.4 Å². The molecule has 5 heteroatoms. The lowest BCUT2D eigenvalue weighted by Crippen LogP contribution is -2.50. The quantitative estimate of drug-likeness (QED) is 0.923. The minimum Gasteiger partial charge on any atom is -0.477 e. The van der Waals surface area contributed by atoms with E-state index in [1.807, 2.05) is 50.2 Å². The second-order valence-electron chi connectivity index (χ2n) is 5.98. The molecule has 1 heterocycles. The standard InChI is InChI=1S/C19H20N2O3/c1-12-8-13(2)10-14(9-12)19(23)21-11-17(18(22)20-3)24-16-7-5-4-6-15(16)21/h4-10,17H,11H2,1-3H3,(H,20,22). The molecular formula is C19H20N2O3. The highest BCUT2D eigenvalue weighted by Gasteiger charge is 2.33. The molecule has 2 amide bonds. The van der Waals surface area contributed by atoms with Crippen LogP contribution in [-0.4, -0.2) is 31.5 Å². The molecule has 3 rings (SSSR count). The van der Waals surface area contributed by atoms with E-state index >= 15 is 0 Å². The molecule has 0 bridgehead atoms. The third-order valence-electron chi connectivity index (χ3n) is 4.03.